The second-order valence-corrected chi connectivity index (χ2v) is 7.23. The first-order chi connectivity index (χ1) is 14.2. The molecular formula is C21H21ClN4O3. The van der Waals surface area contributed by atoms with E-state index in [2.05, 4.69) is 20.4 Å². The molecule has 0 aliphatic carbocycles. The molecular weight excluding hydrogens is 392 g/mol. The zero-order chi connectivity index (χ0) is 20.1. The number of nitrogens with zero attached hydrogens (tertiary/aromatic N) is 3. The van der Waals surface area contributed by atoms with Gasteiger partial charge in [-0.2, -0.15) is 4.98 Å². The number of carbonyl (C=O) groups excluding carboxylic acids is 1. The summed E-state index contributed by atoms with van der Waals surface area (Å²) in [5.41, 5.74) is 2.50. The largest absolute Gasteiger partial charge is 0.379 e. The van der Waals surface area contributed by atoms with Crippen LogP contribution in [0.25, 0.3) is 11.4 Å². The lowest BCUT2D eigenvalue weighted by Crippen LogP contribution is -2.35. The number of morpholine rings is 1. The topological polar surface area (TPSA) is 80.5 Å². The first-order valence-corrected chi connectivity index (χ1v) is 9.81. The van der Waals surface area contributed by atoms with Crippen molar-refractivity contribution in [3.8, 4) is 11.4 Å². The van der Waals surface area contributed by atoms with Gasteiger partial charge in [0.25, 0.3) is 5.91 Å². The summed E-state index contributed by atoms with van der Waals surface area (Å²) in [5.74, 6) is 0.617. The van der Waals surface area contributed by atoms with Gasteiger partial charge in [0.2, 0.25) is 11.7 Å². The van der Waals surface area contributed by atoms with E-state index in [-0.39, 0.29) is 12.5 Å². The number of nitrogens with one attached hydrogen (secondary N) is 1. The van der Waals surface area contributed by atoms with Crippen molar-refractivity contribution in [1.82, 2.24) is 20.4 Å². The zero-order valence-electron chi connectivity index (χ0n) is 15.8. The van der Waals surface area contributed by atoms with Gasteiger partial charge in [0.1, 0.15) is 0 Å². The van der Waals surface area contributed by atoms with Crippen LogP contribution in [0.4, 0.5) is 0 Å². The summed E-state index contributed by atoms with van der Waals surface area (Å²) in [7, 11) is 0. The van der Waals surface area contributed by atoms with Crippen LogP contribution in [0.2, 0.25) is 5.02 Å². The standard InChI is InChI=1S/C21H21ClN4O3/c22-18-6-4-16(5-7-18)20-24-19(29-25-20)13-23-21(27)17-3-1-2-15(12-17)14-26-8-10-28-11-9-26/h1-7,12H,8-11,13-14H2,(H,23,27). The van der Waals surface area contributed by atoms with Crippen LogP contribution in [0, 0.1) is 0 Å². The average Bonchev–Trinajstić information content (AvgIpc) is 3.22. The Kier molecular flexibility index (Phi) is 6.19. The van der Waals surface area contributed by atoms with Crippen LogP contribution in [0.3, 0.4) is 0 Å². The van der Waals surface area contributed by atoms with Crippen molar-refractivity contribution in [3.63, 3.8) is 0 Å². The van der Waals surface area contributed by atoms with Crippen LogP contribution in [0.5, 0.6) is 0 Å². The lowest BCUT2D eigenvalue weighted by atomic mass is 10.1. The van der Waals surface area contributed by atoms with Crippen LogP contribution in [0.1, 0.15) is 21.8 Å². The fourth-order valence-electron chi connectivity index (χ4n) is 3.13. The maximum absolute atomic E-state index is 12.5. The van der Waals surface area contributed by atoms with E-state index < -0.39 is 0 Å². The van der Waals surface area contributed by atoms with Crippen LogP contribution in [0.15, 0.2) is 53.1 Å². The fraction of sp³-hybridized carbons (Fsp3) is 0.286. The minimum Gasteiger partial charge on any atom is -0.379 e. The number of halogens is 1. The molecule has 1 aromatic heterocycles. The molecule has 1 amide bonds. The fourth-order valence-corrected chi connectivity index (χ4v) is 3.26. The van der Waals surface area contributed by atoms with E-state index in [0.29, 0.717) is 22.3 Å². The second-order valence-electron chi connectivity index (χ2n) is 6.79. The maximum Gasteiger partial charge on any atom is 0.251 e. The Balaban J connectivity index is 1.35. The van der Waals surface area contributed by atoms with Gasteiger partial charge in [-0.3, -0.25) is 9.69 Å². The van der Waals surface area contributed by atoms with Gasteiger partial charge < -0.3 is 14.6 Å². The predicted octanol–water partition coefficient (Wildman–Crippen LogP) is 3.15. The Morgan fingerprint density at radius 1 is 1.14 bits per heavy atom. The van der Waals surface area contributed by atoms with E-state index in [1.54, 1.807) is 18.2 Å². The number of benzene rings is 2. The highest BCUT2D eigenvalue weighted by Crippen LogP contribution is 2.18. The second kappa shape index (κ2) is 9.17. The van der Waals surface area contributed by atoms with Gasteiger partial charge in [-0.1, -0.05) is 28.9 Å². The highest BCUT2D eigenvalue weighted by molar-refractivity contribution is 6.30. The van der Waals surface area contributed by atoms with Gasteiger partial charge in [-0.15, -0.1) is 0 Å². The number of carbonyl (C=O) groups is 1. The molecule has 0 unspecified atom stereocenters. The summed E-state index contributed by atoms with van der Waals surface area (Å²) < 4.78 is 10.6. The van der Waals surface area contributed by atoms with Gasteiger partial charge in [-0.25, -0.2) is 0 Å². The van der Waals surface area contributed by atoms with Gasteiger partial charge >= 0.3 is 0 Å². The Morgan fingerprint density at radius 3 is 2.72 bits per heavy atom. The highest BCUT2D eigenvalue weighted by atomic mass is 35.5. The summed E-state index contributed by atoms with van der Waals surface area (Å²) in [4.78, 5) is 19.2. The summed E-state index contributed by atoms with van der Waals surface area (Å²) in [6, 6.07) is 14.8. The SMILES string of the molecule is O=C(NCc1nc(-c2ccc(Cl)cc2)no1)c1cccc(CN2CCOCC2)c1. The van der Waals surface area contributed by atoms with Crippen molar-refractivity contribution in [2.45, 2.75) is 13.1 Å². The quantitative estimate of drug-likeness (QED) is 0.669. The third kappa shape index (κ3) is 5.20. The number of aromatic nitrogens is 2. The number of hydrogen-bond acceptors (Lipinski definition) is 6. The van der Waals surface area contributed by atoms with Crippen molar-refractivity contribution in [3.05, 3.63) is 70.6 Å². The first-order valence-electron chi connectivity index (χ1n) is 9.43. The molecule has 0 saturated carbocycles. The molecule has 8 heteroatoms. The molecule has 1 aliphatic heterocycles. The van der Waals surface area contributed by atoms with Crippen molar-refractivity contribution in [2.75, 3.05) is 26.3 Å². The molecule has 2 aromatic carbocycles. The van der Waals surface area contributed by atoms with Crippen LogP contribution >= 0.6 is 11.6 Å². The molecule has 0 spiro atoms. The van der Waals surface area contributed by atoms with E-state index in [1.165, 1.54) is 0 Å². The lowest BCUT2D eigenvalue weighted by Gasteiger charge is -2.26. The highest BCUT2D eigenvalue weighted by Gasteiger charge is 2.14. The minimum absolute atomic E-state index is 0.160. The van der Waals surface area contributed by atoms with Crippen molar-refractivity contribution in [1.29, 1.82) is 0 Å². The van der Waals surface area contributed by atoms with Gasteiger partial charge in [0.05, 0.1) is 19.8 Å². The molecule has 1 fully saturated rings. The molecule has 3 aromatic rings. The number of rotatable bonds is 6. The van der Waals surface area contributed by atoms with Crippen molar-refractivity contribution >= 4 is 17.5 Å². The lowest BCUT2D eigenvalue weighted by molar-refractivity contribution is 0.0342. The molecule has 1 aliphatic rings. The average molecular weight is 413 g/mol. The summed E-state index contributed by atoms with van der Waals surface area (Å²) in [6.07, 6.45) is 0. The summed E-state index contributed by atoms with van der Waals surface area (Å²) in [5, 5.41) is 7.42. The van der Waals surface area contributed by atoms with Gasteiger partial charge in [-0.05, 0) is 42.0 Å². The monoisotopic (exact) mass is 412 g/mol. The molecule has 150 valence electrons. The molecule has 29 heavy (non-hydrogen) atoms. The van der Waals surface area contributed by atoms with Crippen LogP contribution in [-0.2, 0) is 17.8 Å². The van der Waals surface area contributed by atoms with Crippen LogP contribution < -0.4 is 5.32 Å². The van der Waals surface area contributed by atoms with E-state index in [4.69, 9.17) is 20.9 Å². The number of ether oxygens (including phenoxy) is 1. The molecule has 0 bridgehead atoms. The van der Waals surface area contributed by atoms with E-state index in [1.807, 2.05) is 30.3 Å². The molecule has 0 radical (unpaired) electrons. The van der Waals surface area contributed by atoms with E-state index in [9.17, 15) is 4.79 Å². The Hall–Kier alpha value is -2.74. The normalized spacial score (nSPS) is 14.7. The Morgan fingerprint density at radius 2 is 1.93 bits per heavy atom. The summed E-state index contributed by atoms with van der Waals surface area (Å²) in [6.45, 7) is 4.28. The molecule has 0 atom stereocenters. The third-order valence-corrected chi connectivity index (χ3v) is 4.92. The Labute approximate surface area is 173 Å². The van der Waals surface area contributed by atoms with Crippen molar-refractivity contribution < 1.29 is 14.1 Å². The molecule has 1 saturated heterocycles. The summed E-state index contributed by atoms with van der Waals surface area (Å²) >= 11 is 5.89. The predicted molar refractivity (Wildman–Crippen MR) is 108 cm³/mol. The van der Waals surface area contributed by atoms with Crippen molar-refractivity contribution in [2.24, 2.45) is 0 Å². The molecule has 4 rings (SSSR count). The first kappa shape index (κ1) is 19.6. The molecule has 7 nitrogen and oxygen atoms in total. The Bertz CT molecular complexity index is 968. The number of amides is 1. The minimum atomic E-state index is -0.180. The maximum atomic E-state index is 12.5. The van der Waals surface area contributed by atoms with E-state index in [0.717, 1.165) is 44.0 Å². The third-order valence-electron chi connectivity index (χ3n) is 4.67. The number of hydrogen-bond donors (Lipinski definition) is 1. The van der Waals surface area contributed by atoms with E-state index >= 15 is 0 Å². The van der Waals surface area contributed by atoms with Gasteiger partial charge in [0.15, 0.2) is 0 Å². The van der Waals surface area contributed by atoms with Gasteiger partial charge in [0, 0.05) is 35.8 Å². The zero-order valence-corrected chi connectivity index (χ0v) is 16.6. The molecule has 1 N–H and O–H groups in total. The van der Waals surface area contributed by atoms with Crippen LogP contribution in [-0.4, -0.2) is 47.3 Å². The smallest absolute Gasteiger partial charge is 0.251 e. The molecule has 2 heterocycles.